The zero-order valence-corrected chi connectivity index (χ0v) is 8.47. The number of aliphatic hydroxyl groups is 2. The molecule has 0 radical (unpaired) electrons. The molecule has 1 saturated carbocycles. The van der Waals surface area contributed by atoms with Gasteiger partial charge in [0, 0.05) is 21.1 Å². The molecule has 0 saturated heterocycles. The average molecular weight is 341 g/mol. The third-order valence-corrected chi connectivity index (χ3v) is 2.12. The maximum Gasteiger partial charge on any atom is 0.155 e. The van der Waals surface area contributed by atoms with Crippen LogP contribution in [0.5, 0.6) is 0 Å². The molecule has 4 nitrogen and oxygen atoms in total. The molecule has 0 amide bonds. The number of hydrogen-bond donors (Lipinski definition) is 4. The standard InChI is InChI=1S/C6H14N2O2.Pt/c7-5(9)3-1-2-4-6(5,8)10;/h9-10H,1-4,7-8H2;/t5-,6-;/m0./s1. The van der Waals surface area contributed by atoms with Gasteiger partial charge in [0.05, 0.1) is 0 Å². The van der Waals surface area contributed by atoms with Gasteiger partial charge in [0.15, 0.2) is 11.4 Å². The summed E-state index contributed by atoms with van der Waals surface area (Å²) >= 11 is 0. The van der Waals surface area contributed by atoms with Crippen molar-refractivity contribution >= 4 is 0 Å². The molecule has 0 aromatic carbocycles. The van der Waals surface area contributed by atoms with E-state index >= 15 is 0 Å². The number of hydrogen-bond acceptors (Lipinski definition) is 4. The maximum atomic E-state index is 9.30. The summed E-state index contributed by atoms with van der Waals surface area (Å²) in [5.74, 6) is 0. The van der Waals surface area contributed by atoms with Crippen molar-refractivity contribution in [1.82, 2.24) is 0 Å². The van der Waals surface area contributed by atoms with Gasteiger partial charge in [-0.1, -0.05) is 0 Å². The van der Waals surface area contributed by atoms with Crippen LogP contribution in [-0.4, -0.2) is 21.7 Å². The van der Waals surface area contributed by atoms with E-state index in [4.69, 9.17) is 11.5 Å². The fourth-order valence-electron chi connectivity index (χ4n) is 1.22. The molecule has 0 unspecified atom stereocenters. The summed E-state index contributed by atoms with van der Waals surface area (Å²) in [5.41, 5.74) is 7.49. The molecule has 0 heterocycles. The van der Waals surface area contributed by atoms with Crippen molar-refractivity contribution in [3.05, 3.63) is 0 Å². The Balaban J connectivity index is 0.000001000. The second kappa shape index (κ2) is 3.50. The quantitative estimate of drug-likeness (QED) is 0.419. The van der Waals surface area contributed by atoms with Crippen molar-refractivity contribution in [2.45, 2.75) is 37.1 Å². The van der Waals surface area contributed by atoms with Crippen LogP contribution in [0.1, 0.15) is 25.7 Å². The van der Waals surface area contributed by atoms with Crippen molar-refractivity contribution in [1.29, 1.82) is 0 Å². The molecule has 1 fully saturated rings. The van der Waals surface area contributed by atoms with E-state index in [0.29, 0.717) is 12.8 Å². The summed E-state index contributed by atoms with van der Waals surface area (Å²) in [6.07, 6.45) is 2.40. The Hall–Kier alpha value is 0.528. The molecule has 2 atom stereocenters. The topological polar surface area (TPSA) is 92.5 Å². The van der Waals surface area contributed by atoms with Crippen molar-refractivity contribution in [2.24, 2.45) is 11.5 Å². The summed E-state index contributed by atoms with van der Waals surface area (Å²) in [7, 11) is 0. The minimum atomic E-state index is -1.59. The summed E-state index contributed by atoms with van der Waals surface area (Å²) in [5, 5.41) is 18.6. The zero-order chi connectivity index (χ0) is 7.83. The minimum absolute atomic E-state index is 0. The van der Waals surface area contributed by atoms with E-state index in [1.807, 2.05) is 0 Å². The van der Waals surface area contributed by atoms with Gasteiger partial charge in [-0.3, -0.25) is 0 Å². The monoisotopic (exact) mass is 341 g/mol. The van der Waals surface area contributed by atoms with Gasteiger partial charge in [-0.25, -0.2) is 0 Å². The van der Waals surface area contributed by atoms with Gasteiger partial charge in [0.2, 0.25) is 0 Å². The third kappa shape index (κ3) is 2.23. The second-order valence-corrected chi connectivity index (χ2v) is 3.06. The molecule has 6 N–H and O–H groups in total. The van der Waals surface area contributed by atoms with Crippen LogP contribution in [0.15, 0.2) is 0 Å². The molecule has 0 aliphatic heterocycles. The van der Waals surface area contributed by atoms with Crippen LogP contribution >= 0.6 is 0 Å². The molecule has 70 valence electrons. The van der Waals surface area contributed by atoms with Crippen LogP contribution in [0.2, 0.25) is 0 Å². The van der Waals surface area contributed by atoms with Gasteiger partial charge in [-0.2, -0.15) is 0 Å². The first-order valence-electron chi connectivity index (χ1n) is 3.48. The van der Waals surface area contributed by atoms with Crippen LogP contribution in [0.3, 0.4) is 0 Å². The predicted molar refractivity (Wildman–Crippen MR) is 36.7 cm³/mol. The Bertz CT molecular complexity index is 123. The van der Waals surface area contributed by atoms with Crippen LogP contribution in [0, 0.1) is 0 Å². The van der Waals surface area contributed by atoms with Crippen molar-refractivity contribution in [3.8, 4) is 0 Å². The Morgan fingerprint density at radius 3 is 1.36 bits per heavy atom. The fourth-order valence-corrected chi connectivity index (χ4v) is 1.22. The first-order valence-corrected chi connectivity index (χ1v) is 3.48. The van der Waals surface area contributed by atoms with E-state index < -0.39 is 11.4 Å². The van der Waals surface area contributed by atoms with Crippen LogP contribution in [-0.2, 0) is 21.1 Å². The van der Waals surface area contributed by atoms with Gasteiger partial charge < -0.3 is 21.7 Å². The largest absolute Gasteiger partial charge is 0.372 e. The summed E-state index contributed by atoms with van der Waals surface area (Å²) in [6.45, 7) is 0. The van der Waals surface area contributed by atoms with Crippen molar-refractivity contribution in [2.75, 3.05) is 0 Å². The fraction of sp³-hybridized carbons (Fsp3) is 1.00. The van der Waals surface area contributed by atoms with E-state index in [1.54, 1.807) is 0 Å². The van der Waals surface area contributed by atoms with E-state index in [2.05, 4.69) is 0 Å². The second-order valence-electron chi connectivity index (χ2n) is 3.06. The van der Waals surface area contributed by atoms with Gasteiger partial charge in [-0.05, 0) is 25.7 Å². The Labute approximate surface area is 80.2 Å². The SMILES string of the molecule is N[C@]1(O)CCCC[C@]1(N)O.[Pt]. The minimum Gasteiger partial charge on any atom is -0.372 e. The van der Waals surface area contributed by atoms with Crippen LogP contribution in [0.4, 0.5) is 0 Å². The first kappa shape index (κ1) is 11.5. The van der Waals surface area contributed by atoms with Gasteiger partial charge >= 0.3 is 0 Å². The summed E-state index contributed by atoms with van der Waals surface area (Å²) in [6, 6.07) is 0. The molecule has 0 aromatic heterocycles. The molecule has 1 rings (SSSR count). The van der Waals surface area contributed by atoms with E-state index in [-0.39, 0.29) is 21.1 Å². The van der Waals surface area contributed by atoms with E-state index in [0.717, 1.165) is 12.8 Å². The smallest absolute Gasteiger partial charge is 0.155 e. The van der Waals surface area contributed by atoms with E-state index in [9.17, 15) is 10.2 Å². The molecule has 5 heteroatoms. The average Bonchev–Trinajstić information content (AvgIpc) is 1.77. The molecular weight excluding hydrogens is 327 g/mol. The van der Waals surface area contributed by atoms with Gasteiger partial charge in [0.25, 0.3) is 0 Å². The zero-order valence-electron chi connectivity index (χ0n) is 6.19. The van der Waals surface area contributed by atoms with Gasteiger partial charge in [0.1, 0.15) is 0 Å². The normalized spacial score (nSPS) is 44.7. The first-order chi connectivity index (χ1) is 4.46. The Morgan fingerprint density at radius 2 is 1.18 bits per heavy atom. The Morgan fingerprint density at radius 1 is 0.909 bits per heavy atom. The van der Waals surface area contributed by atoms with E-state index in [1.165, 1.54) is 0 Å². The third-order valence-electron chi connectivity index (χ3n) is 2.12. The molecule has 1 aliphatic rings. The van der Waals surface area contributed by atoms with Crippen LogP contribution < -0.4 is 11.5 Å². The number of rotatable bonds is 0. The molecule has 1 aliphatic carbocycles. The van der Waals surface area contributed by atoms with Crippen molar-refractivity contribution < 1.29 is 31.3 Å². The Kier molecular flexibility index (Phi) is 3.67. The predicted octanol–water partition coefficient (Wildman–Crippen LogP) is -1.15. The number of nitrogens with two attached hydrogens (primary N) is 2. The van der Waals surface area contributed by atoms with Crippen molar-refractivity contribution in [3.63, 3.8) is 0 Å². The maximum absolute atomic E-state index is 9.30. The molecule has 11 heavy (non-hydrogen) atoms. The summed E-state index contributed by atoms with van der Waals surface area (Å²) in [4.78, 5) is 0. The van der Waals surface area contributed by atoms with Gasteiger partial charge in [-0.15, -0.1) is 0 Å². The summed E-state index contributed by atoms with van der Waals surface area (Å²) < 4.78 is 0. The molecule has 0 spiro atoms. The van der Waals surface area contributed by atoms with Crippen LogP contribution in [0.25, 0.3) is 0 Å². The molecule has 0 bridgehead atoms. The molecular formula is C6H14N2O2Pt. The molecule has 0 aromatic rings.